The molecule has 4 heteroatoms. The van der Waals surface area contributed by atoms with E-state index < -0.39 is 0 Å². The van der Waals surface area contributed by atoms with Crippen LogP contribution in [0.15, 0.2) is 24.3 Å². The number of ether oxygens (including phenoxy) is 2. The molecule has 4 nitrogen and oxygen atoms in total. The van der Waals surface area contributed by atoms with Crippen molar-refractivity contribution in [2.75, 3.05) is 25.6 Å². The van der Waals surface area contributed by atoms with E-state index >= 15 is 0 Å². The molecule has 0 spiro atoms. The van der Waals surface area contributed by atoms with Gasteiger partial charge in [-0.25, -0.2) is 5.32 Å². The van der Waals surface area contributed by atoms with Crippen LogP contribution >= 0.6 is 0 Å². The Morgan fingerprint density at radius 1 is 1.38 bits per heavy atom. The molecular weight excluding hydrogens is 204 g/mol. The molecule has 1 N–H and O–H groups in total. The molecule has 16 heavy (non-hydrogen) atoms. The molecule has 2 unspecified atom stereocenters. The highest BCUT2D eigenvalue weighted by atomic mass is 16.5. The fourth-order valence-corrected chi connectivity index (χ4v) is 1.68. The molecule has 87 valence electrons. The van der Waals surface area contributed by atoms with Gasteiger partial charge in [0.2, 0.25) is 0 Å². The Morgan fingerprint density at radius 3 is 2.75 bits per heavy atom. The maximum atomic E-state index is 5.61. The Balaban J connectivity index is 1.96. The first-order valence-electron chi connectivity index (χ1n) is 5.48. The highest BCUT2D eigenvalue weighted by Gasteiger charge is 2.22. The van der Waals surface area contributed by atoms with Gasteiger partial charge in [0.25, 0.3) is 0 Å². The molecular formula is C12H17N2O2. The third-order valence-electron chi connectivity index (χ3n) is 2.64. The Kier molecular flexibility index (Phi) is 3.64. The predicted octanol–water partition coefficient (Wildman–Crippen LogP) is 1.46. The van der Waals surface area contributed by atoms with Gasteiger partial charge in [-0.1, -0.05) is 0 Å². The molecule has 0 saturated carbocycles. The van der Waals surface area contributed by atoms with Crippen LogP contribution in [-0.4, -0.2) is 32.5 Å². The predicted molar refractivity (Wildman–Crippen MR) is 62.8 cm³/mol. The van der Waals surface area contributed by atoms with Crippen molar-refractivity contribution in [3.8, 4) is 5.75 Å². The van der Waals surface area contributed by atoms with E-state index in [0.717, 1.165) is 18.0 Å². The fraction of sp³-hybridized carbons (Fsp3) is 0.500. The second-order valence-electron chi connectivity index (χ2n) is 3.81. The van der Waals surface area contributed by atoms with Crippen LogP contribution in [0.25, 0.3) is 0 Å². The number of anilines is 1. The van der Waals surface area contributed by atoms with E-state index in [0.29, 0.717) is 6.61 Å². The van der Waals surface area contributed by atoms with Gasteiger partial charge in [-0.05, 0) is 31.2 Å². The summed E-state index contributed by atoms with van der Waals surface area (Å²) in [4.78, 5) is 0. The Hall–Kier alpha value is -1.26. The molecule has 2 rings (SSSR count). The van der Waals surface area contributed by atoms with E-state index in [-0.39, 0.29) is 12.3 Å². The molecule has 1 aromatic carbocycles. The third kappa shape index (κ3) is 2.65. The number of nitrogens with zero attached hydrogens (tertiary/aromatic N) is 1. The Labute approximate surface area is 95.9 Å². The minimum Gasteiger partial charge on any atom is -0.497 e. The van der Waals surface area contributed by atoms with Gasteiger partial charge in [-0.2, -0.15) is 0 Å². The van der Waals surface area contributed by atoms with Crippen LogP contribution in [0.2, 0.25) is 0 Å². The van der Waals surface area contributed by atoms with Gasteiger partial charge in [0, 0.05) is 12.2 Å². The van der Waals surface area contributed by atoms with E-state index in [1.165, 1.54) is 0 Å². The highest BCUT2D eigenvalue weighted by molar-refractivity contribution is 5.46. The third-order valence-corrected chi connectivity index (χ3v) is 2.64. The van der Waals surface area contributed by atoms with Gasteiger partial charge in [-0.15, -0.1) is 0 Å². The molecule has 0 aliphatic carbocycles. The first kappa shape index (κ1) is 11.2. The molecule has 1 aliphatic rings. The summed E-state index contributed by atoms with van der Waals surface area (Å²) in [5.74, 6) is 0.854. The first-order valence-corrected chi connectivity index (χ1v) is 5.48. The monoisotopic (exact) mass is 221 g/mol. The molecule has 0 bridgehead atoms. The smallest absolute Gasteiger partial charge is 0.144 e. The molecule has 1 heterocycles. The van der Waals surface area contributed by atoms with Crippen LogP contribution < -0.4 is 15.4 Å². The lowest BCUT2D eigenvalue weighted by atomic mass is 10.2. The number of rotatable bonds is 3. The lowest BCUT2D eigenvalue weighted by Crippen LogP contribution is -2.46. The van der Waals surface area contributed by atoms with Gasteiger partial charge >= 0.3 is 0 Å². The zero-order chi connectivity index (χ0) is 11.4. The number of hydrogen-bond donors (Lipinski definition) is 1. The van der Waals surface area contributed by atoms with Crippen molar-refractivity contribution >= 4 is 5.69 Å². The summed E-state index contributed by atoms with van der Waals surface area (Å²) in [5.41, 5.74) is 1.02. The number of hydrogen-bond acceptors (Lipinski definition) is 3. The average Bonchev–Trinajstić information content (AvgIpc) is 2.33. The van der Waals surface area contributed by atoms with E-state index in [9.17, 15) is 0 Å². The molecule has 0 aromatic heterocycles. The molecule has 1 aliphatic heterocycles. The summed E-state index contributed by atoms with van der Waals surface area (Å²) in [7, 11) is 1.66. The quantitative estimate of drug-likeness (QED) is 0.840. The van der Waals surface area contributed by atoms with Crippen molar-refractivity contribution in [3.05, 3.63) is 24.3 Å². The normalized spacial score (nSPS) is 25.1. The van der Waals surface area contributed by atoms with Crippen molar-refractivity contribution in [1.82, 2.24) is 5.32 Å². The van der Waals surface area contributed by atoms with Gasteiger partial charge in [-0.3, -0.25) is 0 Å². The number of methoxy groups -OCH3 is 1. The van der Waals surface area contributed by atoms with Crippen molar-refractivity contribution < 1.29 is 9.47 Å². The van der Waals surface area contributed by atoms with Gasteiger partial charge in [0.05, 0.1) is 19.8 Å². The number of nitrogens with one attached hydrogen (secondary N) is 1. The zero-order valence-electron chi connectivity index (χ0n) is 9.64. The lowest BCUT2D eigenvalue weighted by Gasteiger charge is -2.30. The van der Waals surface area contributed by atoms with Crippen LogP contribution in [0.1, 0.15) is 6.92 Å². The summed E-state index contributed by atoms with van der Waals surface area (Å²) < 4.78 is 10.7. The standard InChI is InChI=1S/C12H17N2O2/c1-9-12(16-8-7-13-9)14-10-3-5-11(15-2)6-4-10/h3-6,9,12,14H,7-8H2,1-2H3. The minimum absolute atomic E-state index is 0.0258. The first-order chi connectivity index (χ1) is 7.79. The van der Waals surface area contributed by atoms with Crippen molar-refractivity contribution in [3.63, 3.8) is 0 Å². The molecule has 1 radical (unpaired) electrons. The van der Waals surface area contributed by atoms with E-state index in [1.54, 1.807) is 7.11 Å². The topological polar surface area (TPSA) is 44.6 Å². The van der Waals surface area contributed by atoms with E-state index in [4.69, 9.17) is 9.47 Å². The number of benzene rings is 1. The van der Waals surface area contributed by atoms with Crippen LogP contribution in [0, 0.1) is 0 Å². The summed E-state index contributed by atoms with van der Waals surface area (Å²) in [5, 5.41) is 7.74. The molecule has 0 amide bonds. The highest BCUT2D eigenvalue weighted by Crippen LogP contribution is 2.17. The Bertz CT molecular complexity index is 326. The molecule has 2 atom stereocenters. The average molecular weight is 221 g/mol. The molecule has 1 saturated heterocycles. The summed E-state index contributed by atoms with van der Waals surface area (Å²) in [6.07, 6.45) is -0.0258. The van der Waals surface area contributed by atoms with Crippen LogP contribution in [0.4, 0.5) is 5.69 Å². The van der Waals surface area contributed by atoms with Gasteiger partial charge in [0.1, 0.15) is 12.0 Å². The van der Waals surface area contributed by atoms with E-state index in [1.807, 2.05) is 24.3 Å². The Morgan fingerprint density at radius 2 is 2.12 bits per heavy atom. The zero-order valence-corrected chi connectivity index (χ0v) is 9.64. The maximum absolute atomic E-state index is 5.61. The van der Waals surface area contributed by atoms with Crippen LogP contribution in [0.3, 0.4) is 0 Å². The maximum Gasteiger partial charge on any atom is 0.144 e. The second-order valence-corrected chi connectivity index (χ2v) is 3.81. The van der Waals surface area contributed by atoms with Crippen molar-refractivity contribution in [1.29, 1.82) is 0 Å². The van der Waals surface area contributed by atoms with Crippen LogP contribution in [0.5, 0.6) is 5.75 Å². The summed E-state index contributed by atoms with van der Waals surface area (Å²) >= 11 is 0. The fourth-order valence-electron chi connectivity index (χ4n) is 1.68. The number of morpholine rings is 1. The SMILES string of the molecule is COc1ccc(NC2OCC[N]C2C)cc1. The van der Waals surface area contributed by atoms with Gasteiger partial charge < -0.3 is 14.8 Å². The van der Waals surface area contributed by atoms with E-state index in [2.05, 4.69) is 17.6 Å². The summed E-state index contributed by atoms with van der Waals surface area (Å²) in [6.45, 7) is 3.54. The van der Waals surface area contributed by atoms with Gasteiger partial charge in [0.15, 0.2) is 0 Å². The summed E-state index contributed by atoms with van der Waals surface area (Å²) in [6, 6.07) is 7.99. The largest absolute Gasteiger partial charge is 0.497 e. The second kappa shape index (κ2) is 5.18. The minimum atomic E-state index is -0.0258. The van der Waals surface area contributed by atoms with Crippen molar-refractivity contribution in [2.45, 2.75) is 19.2 Å². The van der Waals surface area contributed by atoms with Crippen LogP contribution in [-0.2, 0) is 4.74 Å². The lowest BCUT2D eigenvalue weighted by molar-refractivity contribution is 0.0174. The molecule has 1 aromatic rings. The molecule has 1 fully saturated rings. The van der Waals surface area contributed by atoms with Crippen molar-refractivity contribution in [2.24, 2.45) is 0 Å².